The second-order valence-electron chi connectivity index (χ2n) is 5.78. The lowest BCUT2D eigenvalue weighted by Crippen LogP contribution is -2.32. The van der Waals surface area contributed by atoms with Crippen LogP contribution in [-0.4, -0.2) is 23.8 Å². The highest BCUT2D eigenvalue weighted by atomic mass is 15.2. The Hall–Kier alpha value is -1.55. The largest absolute Gasteiger partial charge is 0.358 e. The summed E-state index contributed by atoms with van der Waals surface area (Å²) in [6, 6.07) is 2.13. The van der Waals surface area contributed by atoms with Crippen LogP contribution in [0.1, 0.15) is 84.5 Å². The zero-order valence-corrected chi connectivity index (χ0v) is 14.5. The summed E-state index contributed by atoms with van der Waals surface area (Å²) in [5.74, 6) is 0.648. The fraction of sp³-hybridized carbons (Fsp3) is 0.833. The molecule has 0 aliphatic carbocycles. The van der Waals surface area contributed by atoms with Crippen LogP contribution in [0.4, 0.5) is 0 Å². The first-order valence-corrected chi connectivity index (χ1v) is 8.87. The Bertz CT molecular complexity index is 362. The van der Waals surface area contributed by atoms with E-state index in [1.165, 1.54) is 51.4 Å². The smallest absolute Gasteiger partial charge is 0.207 e. The minimum absolute atomic E-state index is 0.233. The molecule has 124 valence electrons. The molecule has 0 N–H and O–H groups in total. The van der Waals surface area contributed by atoms with Gasteiger partial charge in [0.25, 0.3) is 0 Å². The average molecular weight is 304 g/mol. The fourth-order valence-corrected chi connectivity index (χ4v) is 2.53. The van der Waals surface area contributed by atoms with E-state index in [9.17, 15) is 0 Å². The van der Waals surface area contributed by atoms with Crippen molar-refractivity contribution in [2.45, 2.75) is 84.5 Å². The summed E-state index contributed by atoms with van der Waals surface area (Å²) in [5.41, 5.74) is 0. The van der Waals surface area contributed by atoms with Crippen LogP contribution in [0.15, 0.2) is 4.99 Å². The van der Waals surface area contributed by atoms with Gasteiger partial charge in [-0.15, -0.1) is 0 Å². The van der Waals surface area contributed by atoms with Gasteiger partial charge in [-0.25, -0.2) is 0 Å². The van der Waals surface area contributed by atoms with Crippen molar-refractivity contribution in [1.29, 1.82) is 10.5 Å². The first-order chi connectivity index (χ1) is 10.8. The molecule has 0 aromatic carbocycles. The Balaban J connectivity index is 4.29. The van der Waals surface area contributed by atoms with Crippen LogP contribution >= 0.6 is 0 Å². The summed E-state index contributed by atoms with van der Waals surface area (Å²) in [6.45, 7) is 6.26. The molecule has 0 saturated carbocycles. The molecule has 0 unspecified atom stereocenters. The predicted octanol–water partition coefficient (Wildman–Crippen LogP) is 5.02. The first-order valence-electron chi connectivity index (χ1n) is 8.87. The summed E-state index contributed by atoms with van der Waals surface area (Å²) in [7, 11) is 0. The van der Waals surface area contributed by atoms with Crippen molar-refractivity contribution in [3.05, 3.63) is 0 Å². The molecular formula is C18H32N4. The van der Waals surface area contributed by atoms with Gasteiger partial charge in [-0.2, -0.15) is 15.5 Å². The van der Waals surface area contributed by atoms with Gasteiger partial charge in [0.2, 0.25) is 6.19 Å². The molecule has 0 aromatic rings. The van der Waals surface area contributed by atoms with Crippen molar-refractivity contribution in [2.75, 3.05) is 13.1 Å². The molecule has 0 fully saturated rings. The Morgan fingerprint density at radius 2 is 1.32 bits per heavy atom. The Morgan fingerprint density at radius 3 is 1.82 bits per heavy atom. The molecule has 0 bridgehead atoms. The Labute approximate surface area is 136 Å². The summed E-state index contributed by atoms with van der Waals surface area (Å²) in [6.07, 6.45) is 14.4. The van der Waals surface area contributed by atoms with E-state index in [-0.39, 0.29) is 6.42 Å². The van der Waals surface area contributed by atoms with E-state index in [1.807, 2.05) is 6.19 Å². The quantitative estimate of drug-likeness (QED) is 0.208. The van der Waals surface area contributed by atoms with Gasteiger partial charge < -0.3 is 4.90 Å². The summed E-state index contributed by atoms with van der Waals surface area (Å²) >= 11 is 0. The van der Waals surface area contributed by atoms with Crippen LogP contribution in [0.25, 0.3) is 0 Å². The van der Waals surface area contributed by atoms with Crippen LogP contribution in [-0.2, 0) is 0 Å². The Morgan fingerprint density at radius 1 is 0.818 bits per heavy atom. The van der Waals surface area contributed by atoms with E-state index >= 15 is 0 Å². The number of nitrogens with zero attached hydrogens (tertiary/aromatic N) is 4. The number of aliphatic imine (C=N–C) groups is 1. The van der Waals surface area contributed by atoms with Crippen molar-refractivity contribution in [2.24, 2.45) is 4.99 Å². The Kier molecular flexibility index (Phi) is 14.7. The van der Waals surface area contributed by atoms with Gasteiger partial charge in [-0.3, -0.25) is 0 Å². The fourth-order valence-electron chi connectivity index (χ4n) is 2.53. The highest BCUT2D eigenvalue weighted by Crippen LogP contribution is 2.09. The average Bonchev–Trinajstić information content (AvgIpc) is 2.52. The molecule has 0 aromatic heterocycles. The molecule has 0 aliphatic heterocycles. The van der Waals surface area contributed by atoms with Crippen molar-refractivity contribution in [1.82, 2.24) is 4.90 Å². The molecule has 0 saturated heterocycles. The lowest BCUT2D eigenvalue weighted by molar-refractivity contribution is 0.381. The van der Waals surface area contributed by atoms with Crippen molar-refractivity contribution >= 4 is 5.84 Å². The highest BCUT2D eigenvalue weighted by molar-refractivity contribution is 5.84. The predicted molar refractivity (Wildman–Crippen MR) is 92.4 cm³/mol. The van der Waals surface area contributed by atoms with E-state index in [0.29, 0.717) is 5.84 Å². The molecule has 0 rings (SSSR count). The van der Waals surface area contributed by atoms with Crippen molar-refractivity contribution < 1.29 is 0 Å². The third-order valence-corrected chi connectivity index (χ3v) is 3.84. The number of hydrogen-bond donors (Lipinski definition) is 0. The molecule has 4 heteroatoms. The number of rotatable bonds is 13. The van der Waals surface area contributed by atoms with Gasteiger partial charge in [0, 0.05) is 13.1 Å². The standard InChI is InChI=1S/C18H32N4/c1-3-5-7-9-10-12-16-22(15-11-8-6-4-2)18(13-14-19)21-17-20/h3-13,15-16H2,1-2H3. The minimum atomic E-state index is 0.233. The first kappa shape index (κ1) is 20.5. The monoisotopic (exact) mass is 304 g/mol. The van der Waals surface area contributed by atoms with Gasteiger partial charge in [-0.05, 0) is 12.8 Å². The third kappa shape index (κ3) is 11.1. The second-order valence-corrected chi connectivity index (χ2v) is 5.78. The maximum Gasteiger partial charge on any atom is 0.207 e. The van der Waals surface area contributed by atoms with Gasteiger partial charge in [0.1, 0.15) is 5.84 Å². The zero-order chi connectivity index (χ0) is 16.5. The third-order valence-electron chi connectivity index (χ3n) is 3.84. The minimum Gasteiger partial charge on any atom is -0.358 e. The van der Waals surface area contributed by atoms with Crippen LogP contribution < -0.4 is 0 Å². The molecule has 0 atom stereocenters. The van der Waals surface area contributed by atoms with E-state index in [4.69, 9.17) is 10.5 Å². The number of unbranched alkanes of at least 4 members (excludes halogenated alkanes) is 8. The van der Waals surface area contributed by atoms with Crippen LogP contribution in [0, 0.1) is 22.8 Å². The van der Waals surface area contributed by atoms with Gasteiger partial charge in [-0.1, -0.05) is 65.2 Å². The van der Waals surface area contributed by atoms with E-state index < -0.39 is 0 Å². The van der Waals surface area contributed by atoms with Crippen LogP contribution in [0.5, 0.6) is 0 Å². The molecule has 4 nitrogen and oxygen atoms in total. The topological polar surface area (TPSA) is 63.2 Å². The van der Waals surface area contributed by atoms with E-state index in [2.05, 4.69) is 29.8 Å². The lowest BCUT2D eigenvalue weighted by atomic mass is 10.1. The van der Waals surface area contributed by atoms with Crippen molar-refractivity contribution in [3.8, 4) is 12.3 Å². The molecule has 0 heterocycles. The molecule has 0 amide bonds. The van der Waals surface area contributed by atoms with Crippen LogP contribution in [0.2, 0.25) is 0 Å². The number of nitriles is 2. The molecule has 0 spiro atoms. The summed E-state index contributed by atoms with van der Waals surface area (Å²) in [5, 5.41) is 17.7. The van der Waals surface area contributed by atoms with Gasteiger partial charge in [0.05, 0.1) is 12.5 Å². The highest BCUT2D eigenvalue weighted by Gasteiger charge is 2.11. The van der Waals surface area contributed by atoms with Crippen LogP contribution in [0.3, 0.4) is 0 Å². The second kappa shape index (κ2) is 15.8. The molecule has 22 heavy (non-hydrogen) atoms. The lowest BCUT2D eigenvalue weighted by Gasteiger charge is -2.24. The van der Waals surface area contributed by atoms with Gasteiger partial charge >= 0.3 is 0 Å². The molecule has 0 aliphatic rings. The molecule has 0 radical (unpaired) electrons. The summed E-state index contributed by atoms with van der Waals surface area (Å²) < 4.78 is 0. The zero-order valence-electron chi connectivity index (χ0n) is 14.5. The van der Waals surface area contributed by atoms with E-state index in [1.54, 1.807) is 0 Å². The van der Waals surface area contributed by atoms with E-state index in [0.717, 1.165) is 25.9 Å². The maximum absolute atomic E-state index is 8.92. The normalized spacial score (nSPS) is 11.0. The van der Waals surface area contributed by atoms with Gasteiger partial charge in [0.15, 0.2) is 0 Å². The SMILES string of the molecule is CCCCCCCCN(CCCCCC)C(CC#N)=NC#N. The summed E-state index contributed by atoms with van der Waals surface area (Å²) in [4.78, 5) is 6.02. The number of amidine groups is 1. The maximum atomic E-state index is 8.92. The molecular weight excluding hydrogens is 272 g/mol. The number of hydrogen-bond acceptors (Lipinski definition) is 3. The van der Waals surface area contributed by atoms with Crippen molar-refractivity contribution in [3.63, 3.8) is 0 Å².